The van der Waals surface area contributed by atoms with Crippen LogP contribution in [0.1, 0.15) is 35.8 Å². The van der Waals surface area contributed by atoms with Gasteiger partial charge in [0.15, 0.2) is 0 Å². The minimum atomic E-state index is -0.694. The summed E-state index contributed by atoms with van der Waals surface area (Å²) in [6.45, 7) is 4.07. The number of halogens is 1. The van der Waals surface area contributed by atoms with Gasteiger partial charge in [-0.25, -0.2) is 0 Å². The third-order valence-electron chi connectivity index (χ3n) is 4.27. The molecule has 0 saturated carbocycles. The molecule has 7 heteroatoms. The van der Waals surface area contributed by atoms with Gasteiger partial charge in [0.2, 0.25) is 0 Å². The number of amides is 1. The van der Waals surface area contributed by atoms with E-state index in [1.54, 1.807) is 25.1 Å². The molecular formula is C19H18BrN3O3. The van der Waals surface area contributed by atoms with Crippen LogP contribution in [0.25, 0.3) is 11.0 Å². The van der Waals surface area contributed by atoms with Crippen LogP contribution < -0.4 is 16.4 Å². The van der Waals surface area contributed by atoms with Gasteiger partial charge >= 0.3 is 11.1 Å². The molecule has 2 aromatic carbocycles. The number of benzene rings is 2. The molecule has 3 aromatic rings. The maximum Gasteiger partial charge on any atom is 0.316 e. The molecule has 134 valence electrons. The number of H-pyrrole nitrogens is 1. The SMILES string of the molecule is CCn1c(=O)c(=O)[nH]c2cc(C(=O)N[C@@H](C)c3ccc(Br)cc3)ccc21. The summed E-state index contributed by atoms with van der Waals surface area (Å²) in [5.41, 5.74) is 1.16. The first-order chi connectivity index (χ1) is 12.4. The molecule has 1 amide bonds. The van der Waals surface area contributed by atoms with Gasteiger partial charge in [0.05, 0.1) is 17.1 Å². The van der Waals surface area contributed by atoms with E-state index in [4.69, 9.17) is 0 Å². The highest BCUT2D eigenvalue weighted by molar-refractivity contribution is 9.10. The Morgan fingerprint density at radius 1 is 1.19 bits per heavy atom. The average Bonchev–Trinajstić information content (AvgIpc) is 2.63. The van der Waals surface area contributed by atoms with Gasteiger partial charge in [-0.3, -0.25) is 14.4 Å². The standard InChI is InChI=1S/C19H18BrN3O3/c1-3-23-16-9-6-13(10-15(16)22-18(25)19(23)26)17(24)21-11(2)12-4-7-14(20)8-5-12/h4-11H,3H2,1-2H3,(H,21,24)(H,22,25)/t11-/m0/s1. The molecule has 0 radical (unpaired) electrons. The predicted octanol–water partition coefficient (Wildman–Crippen LogP) is 2.96. The second-order valence-corrected chi connectivity index (χ2v) is 6.90. The van der Waals surface area contributed by atoms with Crippen LogP contribution >= 0.6 is 15.9 Å². The van der Waals surface area contributed by atoms with Gasteiger partial charge in [-0.2, -0.15) is 0 Å². The van der Waals surface area contributed by atoms with E-state index in [1.165, 1.54) is 4.57 Å². The van der Waals surface area contributed by atoms with Crippen LogP contribution in [-0.4, -0.2) is 15.5 Å². The van der Waals surface area contributed by atoms with Crippen molar-refractivity contribution >= 4 is 32.9 Å². The summed E-state index contributed by atoms with van der Waals surface area (Å²) in [5.74, 6) is -0.252. The molecule has 0 saturated heterocycles. The number of aryl methyl sites for hydroxylation is 1. The highest BCUT2D eigenvalue weighted by atomic mass is 79.9. The van der Waals surface area contributed by atoms with Crippen LogP contribution in [-0.2, 0) is 6.54 Å². The monoisotopic (exact) mass is 415 g/mol. The Hall–Kier alpha value is -2.67. The largest absolute Gasteiger partial charge is 0.346 e. The van der Waals surface area contributed by atoms with E-state index in [0.717, 1.165) is 10.0 Å². The number of carbonyl (C=O) groups is 1. The summed E-state index contributed by atoms with van der Waals surface area (Å²) in [7, 11) is 0. The number of rotatable bonds is 4. The zero-order valence-electron chi connectivity index (χ0n) is 14.4. The summed E-state index contributed by atoms with van der Waals surface area (Å²) in [4.78, 5) is 38.8. The van der Waals surface area contributed by atoms with Crippen LogP contribution in [0, 0.1) is 0 Å². The lowest BCUT2D eigenvalue weighted by Crippen LogP contribution is -2.36. The van der Waals surface area contributed by atoms with Crippen molar-refractivity contribution in [1.82, 2.24) is 14.9 Å². The van der Waals surface area contributed by atoms with E-state index in [2.05, 4.69) is 26.2 Å². The van der Waals surface area contributed by atoms with E-state index in [0.29, 0.717) is 23.1 Å². The number of nitrogens with zero attached hydrogens (tertiary/aromatic N) is 1. The van der Waals surface area contributed by atoms with E-state index < -0.39 is 11.1 Å². The molecular weight excluding hydrogens is 398 g/mol. The number of carbonyl (C=O) groups excluding carboxylic acids is 1. The molecule has 6 nitrogen and oxygen atoms in total. The van der Waals surface area contributed by atoms with Crippen molar-refractivity contribution in [3.05, 3.63) is 78.8 Å². The molecule has 3 rings (SSSR count). The van der Waals surface area contributed by atoms with E-state index >= 15 is 0 Å². The highest BCUT2D eigenvalue weighted by Gasteiger charge is 2.13. The van der Waals surface area contributed by atoms with Gasteiger partial charge in [-0.15, -0.1) is 0 Å². The normalized spacial score (nSPS) is 12.1. The Kier molecular flexibility index (Phi) is 5.08. The molecule has 1 heterocycles. The topological polar surface area (TPSA) is 84.0 Å². The summed E-state index contributed by atoms with van der Waals surface area (Å²) < 4.78 is 2.36. The Morgan fingerprint density at radius 3 is 2.54 bits per heavy atom. The Morgan fingerprint density at radius 2 is 1.88 bits per heavy atom. The lowest BCUT2D eigenvalue weighted by atomic mass is 10.1. The first-order valence-corrected chi connectivity index (χ1v) is 9.03. The Balaban J connectivity index is 1.91. The molecule has 1 atom stereocenters. The molecule has 1 aromatic heterocycles. The molecule has 0 fully saturated rings. The van der Waals surface area contributed by atoms with Crippen molar-refractivity contribution in [3.8, 4) is 0 Å². The second-order valence-electron chi connectivity index (χ2n) is 5.98. The lowest BCUT2D eigenvalue weighted by Gasteiger charge is -2.15. The molecule has 0 aliphatic rings. The van der Waals surface area contributed by atoms with Crippen molar-refractivity contribution in [2.75, 3.05) is 0 Å². The Labute approximate surface area is 158 Å². The quantitative estimate of drug-likeness (QED) is 0.642. The van der Waals surface area contributed by atoms with Gasteiger partial charge in [-0.1, -0.05) is 28.1 Å². The highest BCUT2D eigenvalue weighted by Crippen LogP contribution is 2.18. The van der Waals surface area contributed by atoms with Gasteiger partial charge < -0.3 is 14.9 Å². The second kappa shape index (κ2) is 7.29. The first kappa shape index (κ1) is 18.1. The van der Waals surface area contributed by atoms with Gasteiger partial charge in [0.1, 0.15) is 0 Å². The van der Waals surface area contributed by atoms with Crippen LogP contribution in [0.5, 0.6) is 0 Å². The molecule has 0 unspecified atom stereocenters. The fourth-order valence-electron chi connectivity index (χ4n) is 2.85. The van der Waals surface area contributed by atoms with E-state index in [-0.39, 0.29) is 11.9 Å². The minimum absolute atomic E-state index is 0.171. The maximum atomic E-state index is 12.6. The number of nitrogens with one attached hydrogen (secondary N) is 2. The molecule has 2 N–H and O–H groups in total. The average molecular weight is 416 g/mol. The predicted molar refractivity (Wildman–Crippen MR) is 105 cm³/mol. The van der Waals surface area contributed by atoms with Crippen molar-refractivity contribution < 1.29 is 4.79 Å². The van der Waals surface area contributed by atoms with Crippen molar-refractivity contribution in [1.29, 1.82) is 0 Å². The molecule has 0 aliphatic carbocycles. The van der Waals surface area contributed by atoms with Gasteiger partial charge in [0, 0.05) is 16.6 Å². The van der Waals surface area contributed by atoms with Crippen LogP contribution in [0.15, 0.2) is 56.5 Å². The summed E-state index contributed by atoms with van der Waals surface area (Å²) in [6.07, 6.45) is 0. The number of hydrogen-bond donors (Lipinski definition) is 2. The number of aromatic nitrogens is 2. The van der Waals surface area contributed by atoms with Crippen molar-refractivity contribution in [3.63, 3.8) is 0 Å². The maximum absolute atomic E-state index is 12.6. The first-order valence-electron chi connectivity index (χ1n) is 8.24. The minimum Gasteiger partial charge on any atom is -0.346 e. The summed E-state index contributed by atoms with van der Waals surface area (Å²) >= 11 is 3.39. The molecule has 0 spiro atoms. The third kappa shape index (κ3) is 3.48. The van der Waals surface area contributed by atoms with Gasteiger partial charge in [-0.05, 0) is 49.7 Å². The summed E-state index contributed by atoms with van der Waals surface area (Å²) in [5, 5.41) is 2.94. The number of fused-ring (bicyclic) bond motifs is 1. The molecule has 26 heavy (non-hydrogen) atoms. The van der Waals surface area contributed by atoms with Gasteiger partial charge in [0.25, 0.3) is 5.91 Å². The van der Waals surface area contributed by atoms with E-state index in [9.17, 15) is 14.4 Å². The van der Waals surface area contributed by atoms with Crippen LogP contribution in [0.2, 0.25) is 0 Å². The smallest absolute Gasteiger partial charge is 0.316 e. The molecule has 0 bridgehead atoms. The fourth-order valence-corrected chi connectivity index (χ4v) is 3.11. The van der Waals surface area contributed by atoms with Crippen LogP contribution in [0.3, 0.4) is 0 Å². The van der Waals surface area contributed by atoms with Crippen LogP contribution in [0.4, 0.5) is 0 Å². The summed E-state index contributed by atoms with van der Waals surface area (Å²) in [6, 6.07) is 12.5. The number of hydrogen-bond acceptors (Lipinski definition) is 3. The Bertz CT molecular complexity index is 1080. The van der Waals surface area contributed by atoms with Crippen molar-refractivity contribution in [2.45, 2.75) is 26.4 Å². The van der Waals surface area contributed by atoms with E-state index in [1.807, 2.05) is 31.2 Å². The third-order valence-corrected chi connectivity index (χ3v) is 4.80. The lowest BCUT2D eigenvalue weighted by molar-refractivity contribution is 0.0940. The zero-order valence-corrected chi connectivity index (χ0v) is 16.0. The number of aromatic amines is 1. The van der Waals surface area contributed by atoms with Crippen molar-refractivity contribution in [2.24, 2.45) is 0 Å². The zero-order chi connectivity index (χ0) is 18.8. The fraction of sp³-hybridized carbons (Fsp3) is 0.211. The molecule has 0 aliphatic heterocycles.